The molecule has 2 amide bonds. The summed E-state index contributed by atoms with van der Waals surface area (Å²) < 4.78 is 0. The lowest BCUT2D eigenvalue weighted by Gasteiger charge is -2.16. The van der Waals surface area contributed by atoms with E-state index >= 15 is 0 Å². The van der Waals surface area contributed by atoms with Gasteiger partial charge >= 0.3 is 6.03 Å². The molecule has 1 heterocycles. The van der Waals surface area contributed by atoms with Crippen LogP contribution in [0.25, 0.3) is 11.3 Å². The van der Waals surface area contributed by atoms with Gasteiger partial charge in [-0.05, 0) is 30.2 Å². The van der Waals surface area contributed by atoms with Crippen LogP contribution in [0.3, 0.4) is 0 Å². The fraction of sp³-hybridized carbons (Fsp3) is 0.158. The molecule has 0 spiro atoms. The number of hydrogen-bond donors (Lipinski definition) is 3. The summed E-state index contributed by atoms with van der Waals surface area (Å²) in [6, 6.07) is 14.2. The van der Waals surface area contributed by atoms with Gasteiger partial charge in [0.15, 0.2) is 0 Å². The van der Waals surface area contributed by atoms with Crippen molar-refractivity contribution in [1.29, 1.82) is 0 Å². The Labute approximate surface area is 161 Å². The summed E-state index contributed by atoms with van der Waals surface area (Å²) in [6.07, 6.45) is 2.44. The Balaban J connectivity index is 1.70. The van der Waals surface area contributed by atoms with Crippen molar-refractivity contribution in [2.45, 2.75) is 19.4 Å². The van der Waals surface area contributed by atoms with Crippen LogP contribution in [0.4, 0.5) is 10.5 Å². The molecule has 1 atom stereocenters. The second-order valence-corrected chi connectivity index (χ2v) is 6.58. The number of benzene rings is 2. The number of halogens is 2. The van der Waals surface area contributed by atoms with E-state index in [1.54, 1.807) is 24.4 Å². The molecular weight excluding hydrogens is 371 g/mol. The minimum absolute atomic E-state index is 0.259. The standard InChI is InChI=1S/C19H18Cl2N4O/c1-2-15(18-22-11-17(23-18)12-6-4-3-5-7-12)24-19(26)25-16-10-13(20)8-9-14(16)21/h3-11,15H,2H2,1H3,(H,22,23)(H2,24,25,26). The van der Waals surface area contributed by atoms with Crippen molar-refractivity contribution in [2.24, 2.45) is 0 Å². The van der Waals surface area contributed by atoms with Crippen molar-refractivity contribution in [1.82, 2.24) is 15.3 Å². The first-order valence-corrected chi connectivity index (χ1v) is 8.95. The van der Waals surface area contributed by atoms with E-state index in [0.717, 1.165) is 11.3 Å². The first-order valence-electron chi connectivity index (χ1n) is 8.19. The Kier molecular flexibility index (Phi) is 5.81. The monoisotopic (exact) mass is 388 g/mol. The first-order chi connectivity index (χ1) is 12.6. The predicted molar refractivity (Wildman–Crippen MR) is 106 cm³/mol. The first kappa shape index (κ1) is 18.3. The number of H-pyrrole nitrogens is 1. The third-order valence-electron chi connectivity index (χ3n) is 3.90. The number of carbonyl (C=O) groups excluding carboxylic acids is 1. The molecule has 0 radical (unpaired) electrons. The van der Waals surface area contributed by atoms with Crippen LogP contribution in [0.5, 0.6) is 0 Å². The zero-order valence-corrected chi connectivity index (χ0v) is 15.6. The Bertz CT molecular complexity index is 896. The highest BCUT2D eigenvalue weighted by molar-refractivity contribution is 6.35. The van der Waals surface area contributed by atoms with Gasteiger partial charge in [-0.15, -0.1) is 0 Å². The highest BCUT2D eigenvalue weighted by Crippen LogP contribution is 2.26. The summed E-state index contributed by atoms with van der Waals surface area (Å²) in [7, 11) is 0. The number of amides is 2. The van der Waals surface area contributed by atoms with E-state index < -0.39 is 0 Å². The Morgan fingerprint density at radius 3 is 2.69 bits per heavy atom. The SMILES string of the molecule is CCC(NC(=O)Nc1cc(Cl)ccc1Cl)c1ncc(-c2ccccc2)[nH]1. The van der Waals surface area contributed by atoms with E-state index in [-0.39, 0.29) is 12.1 Å². The Hall–Kier alpha value is -2.50. The second-order valence-electron chi connectivity index (χ2n) is 5.73. The lowest BCUT2D eigenvalue weighted by Crippen LogP contribution is -2.33. The number of urea groups is 1. The summed E-state index contributed by atoms with van der Waals surface area (Å²) in [5, 5.41) is 6.53. The minimum atomic E-state index is -0.376. The topological polar surface area (TPSA) is 69.8 Å². The number of rotatable bonds is 5. The average Bonchev–Trinajstić information content (AvgIpc) is 3.13. The lowest BCUT2D eigenvalue weighted by molar-refractivity contribution is 0.247. The zero-order valence-electron chi connectivity index (χ0n) is 14.1. The number of aromatic nitrogens is 2. The Morgan fingerprint density at radius 2 is 1.96 bits per heavy atom. The molecule has 26 heavy (non-hydrogen) atoms. The summed E-state index contributed by atoms with van der Waals surface area (Å²) in [6.45, 7) is 1.97. The van der Waals surface area contributed by atoms with Gasteiger partial charge in [0, 0.05) is 5.02 Å². The van der Waals surface area contributed by atoms with Gasteiger partial charge in [0.25, 0.3) is 0 Å². The van der Waals surface area contributed by atoms with Crippen molar-refractivity contribution in [2.75, 3.05) is 5.32 Å². The molecule has 1 aromatic heterocycles. The minimum Gasteiger partial charge on any atom is -0.340 e. The normalized spacial score (nSPS) is 11.8. The van der Waals surface area contributed by atoms with Gasteiger partial charge in [0.05, 0.1) is 28.6 Å². The molecule has 3 rings (SSSR count). The molecule has 3 N–H and O–H groups in total. The van der Waals surface area contributed by atoms with Crippen molar-refractivity contribution in [3.63, 3.8) is 0 Å². The van der Waals surface area contributed by atoms with Crippen LogP contribution in [-0.2, 0) is 0 Å². The maximum absolute atomic E-state index is 12.3. The molecule has 0 aliphatic rings. The zero-order chi connectivity index (χ0) is 18.5. The van der Waals surface area contributed by atoms with Crippen LogP contribution >= 0.6 is 23.2 Å². The van der Waals surface area contributed by atoms with Crippen LogP contribution in [0, 0.1) is 0 Å². The van der Waals surface area contributed by atoms with Crippen LogP contribution < -0.4 is 10.6 Å². The number of nitrogens with zero attached hydrogens (tertiary/aromatic N) is 1. The third-order valence-corrected chi connectivity index (χ3v) is 4.47. The summed E-state index contributed by atoms with van der Waals surface area (Å²) in [4.78, 5) is 20.0. The quantitative estimate of drug-likeness (QED) is 0.527. The van der Waals surface area contributed by atoms with E-state index in [2.05, 4.69) is 20.6 Å². The van der Waals surface area contributed by atoms with E-state index in [1.807, 2.05) is 37.3 Å². The van der Waals surface area contributed by atoms with Crippen molar-refractivity contribution < 1.29 is 4.79 Å². The molecule has 0 aliphatic carbocycles. The number of nitrogens with one attached hydrogen (secondary N) is 3. The molecule has 5 nitrogen and oxygen atoms in total. The fourth-order valence-corrected chi connectivity index (χ4v) is 2.89. The van der Waals surface area contributed by atoms with Gasteiger partial charge in [0.2, 0.25) is 0 Å². The molecule has 1 unspecified atom stereocenters. The molecular formula is C19H18Cl2N4O. The number of imidazole rings is 1. The summed E-state index contributed by atoms with van der Waals surface area (Å²) in [5.41, 5.74) is 2.39. The van der Waals surface area contributed by atoms with Crippen LogP contribution in [0.1, 0.15) is 25.2 Å². The highest BCUT2D eigenvalue weighted by Gasteiger charge is 2.17. The average molecular weight is 389 g/mol. The van der Waals surface area contributed by atoms with E-state index in [1.165, 1.54) is 0 Å². The second kappa shape index (κ2) is 8.25. The maximum Gasteiger partial charge on any atom is 0.319 e. The van der Waals surface area contributed by atoms with Gasteiger partial charge in [0.1, 0.15) is 5.82 Å². The highest BCUT2D eigenvalue weighted by atomic mass is 35.5. The number of anilines is 1. The summed E-state index contributed by atoms with van der Waals surface area (Å²) >= 11 is 12.0. The van der Waals surface area contributed by atoms with Gasteiger partial charge in [-0.1, -0.05) is 60.5 Å². The van der Waals surface area contributed by atoms with E-state index in [0.29, 0.717) is 28.0 Å². The van der Waals surface area contributed by atoms with Crippen molar-refractivity contribution in [3.05, 3.63) is 70.6 Å². The molecule has 134 valence electrons. The van der Waals surface area contributed by atoms with Crippen LogP contribution in [0.2, 0.25) is 10.0 Å². The van der Waals surface area contributed by atoms with Crippen LogP contribution in [-0.4, -0.2) is 16.0 Å². The van der Waals surface area contributed by atoms with Crippen molar-refractivity contribution >= 4 is 34.9 Å². The Morgan fingerprint density at radius 1 is 1.19 bits per heavy atom. The molecule has 0 saturated carbocycles. The number of hydrogen-bond acceptors (Lipinski definition) is 2. The molecule has 0 fully saturated rings. The molecule has 3 aromatic rings. The molecule has 0 saturated heterocycles. The molecule has 7 heteroatoms. The van der Waals surface area contributed by atoms with Crippen molar-refractivity contribution in [3.8, 4) is 11.3 Å². The number of carbonyl (C=O) groups is 1. The smallest absolute Gasteiger partial charge is 0.319 e. The van der Waals surface area contributed by atoms with Gasteiger partial charge in [-0.2, -0.15) is 0 Å². The van der Waals surface area contributed by atoms with E-state index in [9.17, 15) is 4.79 Å². The number of aromatic amines is 1. The fourth-order valence-electron chi connectivity index (χ4n) is 2.55. The largest absolute Gasteiger partial charge is 0.340 e. The molecule has 0 aliphatic heterocycles. The van der Waals surface area contributed by atoms with Gasteiger partial charge in [-0.25, -0.2) is 9.78 Å². The maximum atomic E-state index is 12.3. The third kappa shape index (κ3) is 4.36. The van der Waals surface area contributed by atoms with Crippen LogP contribution in [0.15, 0.2) is 54.7 Å². The van der Waals surface area contributed by atoms with Gasteiger partial charge in [-0.3, -0.25) is 0 Å². The summed E-state index contributed by atoms with van der Waals surface area (Å²) in [5.74, 6) is 0.693. The van der Waals surface area contributed by atoms with Gasteiger partial charge < -0.3 is 15.6 Å². The lowest BCUT2D eigenvalue weighted by atomic mass is 10.2. The molecule has 2 aromatic carbocycles. The predicted octanol–water partition coefficient (Wildman–Crippen LogP) is 5.66. The molecule has 0 bridgehead atoms. The van der Waals surface area contributed by atoms with E-state index in [4.69, 9.17) is 23.2 Å².